The number of carbonyl (C=O) groups excluding carboxylic acids is 3. The van der Waals surface area contributed by atoms with E-state index in [1.165, 1.54) is 6.08 Å². The van der Waals surface area contributed by atoms with E-state index in [4.69, 9.17) is 27.9 Å². The molecule has 8 heteroatoms. The lowest BCUT2D eigenvalue weighted by molar-refractivity contribution is -0.122. The van der Waals surface area contributed by atoms with Gasteiger partial charge in [0.05, 0.1) is 15.7 Å². The Balaban J connectivity index is 1.51. The largest absolute Gasteiger partial charge is 0.489 e. The molecule has 3 aromatic carbocycles. The van der Waals surface area contributed by atoms with Gasteiger partial charge in [0.2, 0.25) is 0 Å². The Morgan fingerprint density at radius 2 is 1.70 bits per heavy atom. The standard InChI is InChI=1S/C25H18Cl2N2O4/c1-15-3-2-4-18(11-15)29-24(31)20(23(30)28-25(29)32)12-16-5-8-19(9-6-16)33-14-17-7-10-21(26)22(27)13-17/h2-13H,14H2,1H3,(H,28,30,32)/b20-12+. The van der Waals surface area contributed by atoms with Crippen LogP contribution in [0.5, 0.6) is 5.75 Å². The maximum absolute atomic E-state index is 13.0. The van der Waals surface area contributed by atoms with Crippen LogP contribution in [0, 0.1) is 6.92 Å². The fourth-order valence-corrected chi connectivity index (χ4v) is 3.60. The van der Waals surface area contributed by atoms with Crippen molar-refractivity contribution < 1.29 is 19.1 Å². The molecule has 166 valence electrons. The van der Waals surface area contributed by atoms with Crippen molar-refractivity contribution in [3.63, 3.8) is 0 Å². The van der Waals surface area contributed by atoms with Crippen molar-refractivity contribution in [2.75, 3.05) is 4.90 Å². The zero-order valence-corrected chi connectivity index (χ0v) is 19.0. The molecule has 0 saturated carbocycles. The van der Waals surface area contributed by atoms with Crippen LogP contribution in [-0.4, -0.2) is 17.8 Å². The minimum atomic E-state index is -0.779. The fourth-order valence-electron chi connectivity index (χ4n) is 3.28. The smallest absolute Gasteiger partial charge is 0.335 e. The lowest BCUT2D eigenvalue weighted by atomic mass is 10.1. The van der Waals surface area contributed by atoms with Crippen molar-refractivity contribution >= 4 is 52.8 Å². The van der Waals surface area contributed by atoms with E-state index in [0.29, 0.717) is 33.7 Å². The lowest BCUT2D eigenvalue weighted by Crippen LogP contribution is -2.54. The number of amides is 4. The summed E-state index contributed by atoms with van der Waals surface area (Å²) in [5.74, 6) is -0.831. The zero-order chi connectivity index (χ0) is 23.5. The highest BCUT2D eigenvalue weighted by atomic mass is 35.5. The Bertz CT molecular complexity index is 1290. The maximum Gasteiger partial charge on any atom is 0.335 e. The molecule has 0 aromatic heterocycles. The predicted molar refractivity (Wildman–Crippen MR) is 127 cm³/mol. The number of benzene rings is 3. The molecule has 3 aromatic rings. The summed E-state index contributed by atoms with van der Waals surface area (Å²) in [6, 6.07) is 18.3. The Labute approximate surface area is 200 Å². The first kappa shape index (κ1) is 22.6. The number of aryl methyl sites for hydroxylation is 1. The quantitative estimate of drug-likeness (QED) is 0.383. The number of hydrogen-bond donors (Lipinski definition) is 1. The first-order valence-corrected chi connectivity index (χ1v) is 10.7. The van der Waals surface area contributed by atoms with Crippen LogP contribution < -0.4 is 15.0 Å². The van der Waals surface area contributed by atoms with E-state index >= 15 is 0 Å². The highest BCUT2D eigenvalue weighted by Crippen LogP contribution is 2.25. The van der Waals surface area contributed by atoms with E-state index in [-0.39, 0.29) is 5.57 Å². The Kier molecular flexibility index (Phi) is 6.49. The molecule has 33 heavy (non-hydrogen) atoms. The van der Waals surface area contributed by atoms with Crippen LogP contribution in [0.1, 0.15) is 16.7 Å². The van der Waals surface area contributed by atoms with Gasteiger partial charge in [-0.3, -0.25) is 14.9 Å². The van der Waals surface area contributed by atoms with Gasteiger partial charge in [-0.2, -0.15) is 0 Å². The second kappa shape index (κ2) is 9.48. The number of rotatable bonds is 5. The summed E-state index contributed by atoms with van der Waals surface area (Å²) in [7, 11) is 0. The predicted octanol–water partition coefficient (Wildman–Crippen LogP) is 5.55. The van der Waals surface area contributed by atoms with Crippen LogP contribution in [0.25, 0.3) is 6.08 Å². The molecule has 0 bridgehead atoms. The van der Waals surface area contributed by atoms with E-state index < -0.39 is 17.8 Å². The normalized spacial score (nSPS) is 15.1. The minimum Gasteiger partial charge on any atom is -0.489 e. The zero-order valence-electron chi connectivity index (χ0n) is 17.5. The topological polar surface area (TPSA) is 75.7 Å². The number of barbiturate groups is 1. The molecule has 0 atom stereocenters. The number of hydrogen-bond acceptors (Lipinski definition) is 4. The highest BCUT2D eigenvalue weighted by molar-refractivity contribution is 6.42. The summed E-state index contributed by atoms with van der Waals surface area (Å²) in [5.41, 5.74) is 2.60. The minimum absolute atomic E-state index is 0.138. The molecule has 1 N–H and O–H groups in total. The number of nitrogens with one attached hydrogen (secondary N) is 1. The van der Waals surface area contributed by atoms with Gasteiger partial charge in [-0.15, -0.1) is 0 Å². The number of nitrogens with zero attached hydrogens (tertiary/aromatic N) is 1. The molecule has 1 heterocycles. The summed E-state index contributed by atoms with van der Waals surface area (Å²) in [4.78, 5) is 38.6. The molecule has 1 aliphatic heterocycles. The SMILES string of the molecule is Cc1cccc(N2C(=O)NC(=O)/C(=C\c3ccc(OCc4ccc(Cl)c(Cl)c4)cc3)C2=O)c1. The van der Waals surface area contributed by atoms with Gasteiger partial charge in [-0.1, -0.05) is 53.5 Å². The number of ether oxygens (including phenoxy) is 1. The summed E-state index contributed by atoms with van der Waals surface area (Å²) >= 11 is 11.9. The molecular formula is C25H18Cl2N2O4. The number of urea groups is 1. The van der Waals surface area contributed by atoms with Gasteiger partial charge in [0, 0.05) is 0 Å². The van der Waals surface area contributed by atoms with Gasteiger partial charge in [0.25, 0.3) is 11.8 Å². The molecule has 1 fully saturated rings. The van der Waals surface area contributed by atoms with Crippen molar-refractivity contribution in [2.24, 2.45) is 0 Å². The highest BCUT2D eigenvalue weighted by Gasteiger charge is 2.36. The molecule has 4 amide bonds. The van der Waals surface area contributed by atoms with Crippen LogP contribution in [0.15, 0.2) is 72.3 Å². The van der Waals surface area contributed by atoms with Crippen LogP contribution >= 0.6 is 23.2 Å². The third-order valence-electron chi connectivity index (χ3n) is 4.94. The van der Waals surface area contributed by atoms with Gasteiger partial charge in [-0.25, -0.2) is 9.69 Å². The van der Waals surface area contributed by atoms with Crippen molar-refractivity contribution in [1.82, 2.24) is 5.32 Å². The number of anilines is 1. The van der Waals surface area contributed by atoms with Crippen molar-refractivity contribution in [3.05, 3.63) is 99.0 Å². The number of carbonyl (C=O) groups is 3. The third kappa shape index (κ3) is 5.08. The molecule has 0 spiro atoms. The van der Waals surface area contributed by atoms with Crippen LogP contribution in [0.2, 0.25) is 10.0 Å². The lowest BCUT2D eigenvalue weighted by Gasteiger charge is -2.26. The molecule has 6 nitrogen and oxygen atoms in total. The first-order chi connectivity index (χ1) is 15.8. The van der Waals surface area contributed by atoms with Crippen LogP contribution in [0.3, 0.4) is 0 Å². The fraction of sp³-hybridized carbons (Fsp3) is 0.0800. The van der Waals surface area contributed by atoms with E-state index in [9.17, 15) is 14.4 Å². The van der Waals surface area contributed by atoms with Gasteiger partial charge in [0.1, 0.15) is 17.9 Å². The van der Waals surface area contributed by atoms with Crippen molar-refractivity contribution in [1.29, 1.82) is 0 Å². The molecular weight excluding hydrogens is 463 g/mol. The van der Waals surface area contributed by atoms with E-state index in [1.54, 1.807) is 54.6 Å². The molecule has 1 saturated heterocycles. The average Bonchev–Trinajstić information content (AvgIpc) is 2.78. The molecule has 0 aliphatic carbocycles. The summed E-state index contributed by atoms with van der Waals surface area (Å²) in [6.45, 7) is 2.15. The van der Waals surface area contributed by atoms with Crippen molar-refractivity contribution in [3.8, 4) is 5.75 Å². The van der Waals surface area contributed by atoms with Crippen molar-refractivity contribution in [2.45, 2.75) is 13.5 Å². The van der Waals surface area contributed by atoms with Gasteiger partial charge >= 0.3 is 6.03 Å². The molecule has 1 aliphatic rings. The summed E-state index contributed by atoms with van der Waals surface area (Å²) in [6.07, 6.45) is 1.44. The Morgan fingerprint density at radius 1 is 0.939 bits per heavy atom. The van der Waals surface area contributed by atoms with Crippen LogP contribution in [-0.2, 0) is 16.2 Å². The van der Waals surface area contributed by atoms with E-state index in [2.05, 4.69) is 5.32 Å². The Hall–Kier alpha value is -3.61. The Morgan fingerprint density at radius 3 is 2.39 bits per heavy atom. The second-order valence-electron chi connectivity index (χ2n) is 7.40. The van der Waals surface area contributed by atoms with E-state index in [1.807, 2.05) is 19.1 Å². The summed E-state index contributed by atoms with van der Waals surface area (Å²) < 4.78 is 5.75. The third-order valence-corrected chi connectivity index (χ3v) is 5.68. The first-order valence-electron chi connectivity index (χ1n) is 9.97. The maximum atomic E-state index is 13.0. The van der Waals surface area contributed by atoms with Gasteiger partial charge in [-0.05, 0) is 66.1 Å². The number of imide groups is 2. The monoisotopic (exact) mass is 480 g/mol. The van der Waals surface area contributed by atoms with Gasteiger partial charge in [0.15, 0.2) is 0 Å². The molecule has 0 radical (unpaired) electrons. The van der Waals surface area contributed by atoms with Gasteiger partial charge < -0.3 is 4.74 Å². The average molecular weight is 481 g/mol. The molecule has 4 rings (SSSR count). The summed E-state index contributed by atoms with van der Waals surface area (Å²) in [5, 5.41) is 3.15. The molecule has 0 unspecified atom stereocenters. The van der Waals surface area contributed by atoms with E-state index in [0.717, 1.165) is 16.0 Å². The van der Waals surface area contributed by atoms with Crippen LogP contribution in [0.4, 0.5) is 10.5 Å². The second-order valence-corrected chi connectivity index (χ2v) is 8.22. The number of halogens is 2.